The van der Waals surface area contributed by atoms with Gasteiger partial charge in [-0.3, -0.25) is 4.79 Å². The molecule has 0 spiro atoms. The van der Waals surface area contributed by atoms with E-state index in [-0.39, 0.29) is 30.8 Å². The standard InChI is InChI=1S/C18H22FN3O3/c1-13-11-21(2)18(20-13)16-12-22(8-10-25-16)17(23)7-9-24-15-6-4-3-5-14(15)19/h3-6,11,16H,7-10,12H2,1-2H3/t16-/m0/s1. The van der Waals surface area contributed by atoms with E-state index >= 15 is 0 Å². The van der Waals surface area contributed by atoms with Gasteiger partial charge in [0.2, 0.25) is 5.91 Å². The van der Waals surface area contributed by atoms with Crippen molar-refractivity contribution in [1.29, 1.82) is 0 Å². The summed E-state index contributed by atoms with van der Waals surface area (Å²) in [5.41, 5.74) is 0.919. The first-order valence-corrected chi connectivity index (χ1v) is 8.31. The molecule has 134 valence electrons. The van der Waals surface area contributed by atoms with E-state index in [1.807, 2.05) is 24.7 Å². The van der Waals surface area contributed by atoms with Crippen LogP contribution in [0.3, 0.4) is 0 Å². The van der Waals surface area contributed by atoms with Crippen molar-refractivity contribution in [2.75, 3.05) is 26.3 Å². The lowest BCUT2D eigenvalue weighted by molar-refractivity contribution is -0.139. The fourth-order valence-electron chi connectivity index (χ4n) is 2.93. The molecule has 2 heterocycles. The highest BCUT2D eigenvalue weighted by atomic mass is 19.1. The molecule has 0 saturated carbocycles. The Morgan fingerprint density at radius 3 is 2.96 bits per heavy atom. The Morgan fingerprint density at radius 1 is 1.44 bits per heavy atom. The Hall–Kier alpha value is -2.41. The van der Waals surface area contributed by atoms with E-state index in [0.717, 1.165) is 11.5 Å². The number of carbonyl (C=O) groups excluding carboxylic acids is 1. The van der Waals surface area contributed by atoms with Gasteiger partial charge in [-0.25, -0.2) is 9.37 Å². The Bertz CT molecular complexity index is 747. The second kappa shape index (κ2) is 7.65. The van der Waals surface area contributed by atoms with Gasteiger partial charge in [0.25, 0.3) is 0 Å². The first kappa shape index (κ1) is 17.4. The smallest absolute Gasteiger partial charge is 0.226 e. The van der Waals surface area contributed by atoms with Crippen molar-refractivity contribution in [3.05, 3.63) is 47.8 Å². The van der Waals surface area contributed by atoms with Gasteiger partial charge in [0.15, 0.2) is 11.6 Å². The second-order valence-corrected chi connectivity index (χ2v) is 6.08. The molecular weight excluding hydrogens is 325 g/mol. The van der Waals surface area contributed by atoms with Crippen molar-refractivity contribution < 1.29 is 18.7 Å². The number of para-hydroxylation sites is 1. The molecule has 0 N–H and O–H groups in total. The molecule has 25 heavy (non-hydrogen) atoms. The van der Waals surface area contributed by atoms with Crippen LogP contribution in [-0.2, 0) is 16.6 Å². The van der Waals surface area contributed by atoms with Crippen LogP contribution in [0.5, 0.6) is 5.75 Å². The highest BCUT2D eigenvalue weighted by Gasteiger charge is 2.28. The van der Waals surface area contributed by atoms with E-state index in [1.54, 1.807) is 23.1 Å². The minimum Gasteiger partial charge on any atom is -0.490 e. The second-order valence-electron chi connectivity index (χ2n) is 6.08. The third-order valence-corrected chi connectivity index (χ3v) is 4.15. The third kappa shape index (κ3) is 4.17. The minimum absolute atomic E-state index is 0.0319. The summed E-state index contributed by atoms with van der Waals surface area (Å²) in [6, 6.07) is 6.18. The predicted octanol–water partition coefficient (Wildman–Crippen LogP) is 2.24. The number of carbonyl (C=O) groups is 1. The van der Waals surface area contributed by atoms with Crippen LogP contribution in [0.15, 0.2) is 30.5 Å². The summed E-state index contributed by atoms with van der Waals surface area (Å²) in [5, 5.41) is 0. The third-order valence-electron chi connectivity index (χ3n) is 4.15. The highest BCUT2D eigenvalue weighted by Crippen LogP contribution is 2.22. The van der Waals surface area contributed by atoms with E-state index < -0.39 is 5.82 Å². The number of aryl methyl sites for hydroxylation is 2. The Morgan fingerprint density at radius 2 is 2.24 bits per heavy atom. The first-order chi connectivity index (χ1) is 12.0. The highest BCUT2D eigenvalue weighted by molar-refractivity contribution is 5.76. The van der Waals surface area contributed by atoms with Crippen molar-refractivity contribution in [2.24, 2.45) is 7.05 Å². The fourth-order valence-corrected chi connectivity index (χ4v) is 2.93. The van der Waals surface area contributed by atoms with Crippen LogP contribution in [0, 0.1) is 12.7 Å². The van der Waals surface area contributed by atoms with E-state index in [4.69, 9.17) is 9.47 Å². The predicted molar refractivity (Wildman–Crippen MR) is 89.7 cm³/mol. The summed E-state index contributed by atoms with van der Waals surface area (Å²) in [4.78, 5) is 18.6. The molecule has 7 heteroatoms. The lowest BCUT2D eigenvalue weighted by atomic mass is 10.2. The SMILES string of the molecule is Cc1cn(C)c([C@@H]2CN(C(=O)CCOc3ccccc3F)CCO2)n1. The molecule has 0 bridgehead atoms. The molecule has 0 unspecified atom stereocenters. The maximum atomic E-state index is 13.5. The largest absolute Gasteiger partial charge is 0.490 e. The van der Waals surface area contributed by atoms with Crippen LogP contribution in [0.2, 0.25) is 0 Å². The molecule has 3 rings (SSSR count). The summed E-state index contributed by atoms with van der Waals surface area (Å²) >= 11 is 0. The molecular formula is C18H22FN3O3. The zero-order chi connectivity index (χ0) is 17.8. The zero-order valence-corrected chi connectivity index (χ0v) is 14.4. The van der Waals surface area contributed by atoms with Crippen LogP contribution in [0.1, 0.15) is 24.0 Å². The summed E-state index contributed by atoms with van der Waals surface area (Å²) < 4.78 is 26.6. The molecule has 6 nitrogen and oxygen atoms in total. The van der Waals surface area contributed by atoms with Gasteiger partial charge < -0.3 is 18.9 Å². The van der Waals surface area contributed by atoms with Gasteiger partial charge in [-0.05, 0) is 19.1 Å². The minimum atomic E-state index is -0.425. The molecule has 1 atom stereocenters. The summed E-state index contributed by atoms with van der Waals surface area (Å²) in [7, 11) is 1.92. The molecule has 1 fully saturated rings. The van der Waals surface area contributed by atoms with Gasteiger partial charge >= 0.3 is 0 Å². The molecule has 1 aliphatic rings. The van der Waals surface area contributed by atoms with E-state index in [0.29, 0.717) is 19.7 Å². The van der Waals surface area contributed by atoms with Crippen LogP contribution in [0.25, 0.3) is 0 Å². The van der Waals surface area contributed by atoms with Gasteiger partial charge in [-0.1, -0.05) is 12.1 Å². The van der Waals surface area contributed by atoms with Crippen molar-refractivity contribution in [2.45, 2.75) is 19.4 Å². The Kier molecular flexibility index (Phi) is 5.33. The molecule has 0 radical (unpaired) electrons. The number of aromatic nitrogens is 2. The average Bonchev–Trinajstić information content (AvgIpc) is 2.95. The number of morpholine rings is 1. The lowest BCUT2D eigenvalue weighted by Gasteiger charge is -2.32. The zero-order valence-electron chi connectivity index (χ0n) is 14.4. The molecule has 1 saturated heterocycles. The maximum Gasteiger partial charge on any atom is 0.226 e. The quantitative estimate of drug-likeness (QED) is 0.832. The first-order valence-electron chi connectivity index (χ1n) is 8.31. The number of ether oxygens (including phenoxy) is 2. The number of amides is 1. The van der Waals surface area contributed by atoms with Crippen LogP contribution >= 0.6 is 0 Å². The Labute approximate surface area is 146 Å². The summed E-state index contributed by atoms with van der Waals surface area (Å²) in [6.45, 7) is 3.54. The number of rotatable bonds is 5. The number of imidazole rings is 1. The normalized spacial score (nSPS) is 17.6. The molecule has 1 aliphatic heterocycles. The summed E-state index contributed by atoms with van der Waals surface area (Å²) in [6.07, 6.45) is 1.89. The maximum absolute atomic E-state index is 13.5. The fraction of sp³-hybridized carbons (Fsp3) is 0.444. The number of hydrogen-bond acceptors (Lipinski definition) is 4. The molecule has 1 aromatic carbocycles. The molecule has 1 aromatic heterocycles. The van der Waals surface area contributed by atoms with E-state index in [2.05, 4.69) is 4.98 Å². The van der Waals surface area contributed by atoms with Gasteiger partial charge in [0, 0.05) is 19.8 Å². The topological polar surface area (TPSA) is 56.6 Å². The molecule has 2 aromatic rings. The van der Waals surface area contributed by atoms with Crippen molar-refractivity contribution in [3.8, 4) is 5.75 Å². The monoisotopic (exact) mass is 347 g/mol. The Balaban J connectivity index is 1.53. The lowest BCUT2D eigenvalue weighted by Crippen LogP contribution is -2.43. The number of benzene rings is 1. The number of hydrogen-bond donors (Lipinski definition) is 0. The van der Waals surface area contributed by atoms with Crippen LogP contribution in [0.4, 0.5) is 4.39 Å². The van der Waals surface area contributed by atoms with Gasteiger partial charge in [-0.15, -0.1) is 0 Å². The van der Waals surface area contributed by atoms with Crippen molar-refractivity contribution >= 4 is 5.91 Å². The van der Waals surface area contributed by atoms with Crippen LogP contribution < -0.4 is 4.74 Å². The number of nitrogens with zero attached hydrogens (tertiary/aromatic N) is 3. The van der Waals surface area contributed by atoms with Crippen molar-refractivity contribution in [3.63, 3.8) is 0 Å². The summed E-state index contributed by atoms with van der Waals surface area (Å²) in [5.74, 6) is 0.526. The van der Waals surface area contributed by atoms with E-state index in [9.17, 15) is 9.18 Å². The van der Waals surface area contributed by atoms with Crippen LogP contribution in [-0.4, -0.2) is 46.7 Å². The van der Waals surface area contributed by atoms with E-state index in [1.165, 1.54) is 6.07 Å². The number of halogens is 1. The average molecular weight is 347 g/mol. The molecule has 0 aliphatic carbocycles. The van der Waals surface area contributed by atoms with Gasteiger partial charge in [0.1, 0.15) is 11.9 Å². The molecule has 1 amide bonds. The van der Waals surface area contributed by atoms with Crippen molar-refractivity contribution in [1.82, 2.24) is 14.5 Å². The van der Waals surface area contributed by atoms with Gasteiger partial charge in [0.05, 0.1) is 31.9 Å². The van der Waals surface area contributed by atoms with Gasteiger partial charge in [-0.2, -0.15) is 0 Å².